The molecule has 142 valence electrons. The Morgan fingerprint density at radius 2 is 2.12 bits per heavy atom. The smallest absolute Gasteiger partial charge is 0.303 e. The minimum Gasteiger partial charge on any atom is -0.498 e. The lowest BCUT2D eigenvalue weighted by Gasteiger charge is -2.57. The van der Waals surface area contributed by atoms with Crippen molar-refractivity contribution in [2.75, 3.05) is 19.8 Å². The van der Waals surface area contributed by atoms with Crippen LogP contribution in [0.3, 0.4) is 0 Å². The Hall–Kier alpha value is -1.55. The van der Waals surface area contributed by atoms with Crippen molar-refractivity contribution in [3.05, 3.63) is 34.6 Å². The van der Waals surface area contributed by atoms with Crippen LogP contribution in [-0.2, 0) is 19.0 Å². The predicted molar refractivity (Wildman–Crippen MR) is 99.4 cm³/mol. The van der Waals surface area contributed by atoms with E-state index in [1.54, 1.807) is 0 Å². The van der Waals surface area contributed by atoms with Gasteiger partial charge in [0.15, 0.2) is 5.60 Å². The normalized spacial score (nSPS) is 34.8. The summed E-state index contributed by atoms with van der Waals surface area (Å²) in [5.74, 6) is 1.12. The largest absolute Gasteiger partial charge is 0.498 e. The van der Waals surface area contributed by atoms with Gasteiger partial charge < -0.3 is 14.2 Å². The highest BCUT2D eigenvalue weighted by Crippen LogP contribution is 2.74. The number of ether oxygens (including phenoxy) is 3. The fraction of sp³-hybridized carbons (Fsp3) is 0.682. The molecule has 1 saturated carbocycles. The quantitative estimate of drug-likeness (QED) is 0.630. The van der Waals surface area contributed by atoms with E-state index in [0.29, 0.717) is 25.7 Å². The first kappa shape index (κ1) is 17.8. The summed E-state index contributed by atoms with van der Waals surface area (Å²) in [6.45, 7) is 7.38. The Bertz CT molecular complexity index is 701. The molecule has 0 heterocycles. The zero-order chi connectivity index (χ0) is 18.4. The van der Waals surface area contributed by atoms with Gasteiger partial charge in [-0.05, 0) is 57.1 Å². The van der Waals surface area contributed by atoms with Crippen LogP contribution < -0.4 is 0 Å². The molecule has 0 saturated heterocycles. The monoisotopic (exact) mass is 358 g/mol. The van der Waals surface area contributed by atoms with Crippen molar-refractivity contribution in [2.24, 2.45) is 11.3 Å². The highest BCUT2D eigenvalue weighted by atomic mass is 16.6. The van der Waals surface area contributed by atoms with Crippen LogP contribution in [0.5, 0.6) is 0 Å². The van der Waals surface area contributed by atoms with Crippen LogP contribution in [0.15, 0.2) is 34.6 Å². The minimum absolute atomic E-state index is 0.133. The Morgan fingerprint density at radius 1 is 1.27 bits per heavy atom. The molecule has 0 unspecified atom stereocenters. The van der Waals surface area contributed by atoms with Gasteiger partial charge in [-0.3, -0.25) is 4.79 Å². The molecule has 26 heavy (non-hydrogen) atoms. The third-order valence-corrected chi connectivity index (χ3v) is 6.64. The lowest BCUT2D eigenvalue weighted by Crippen LogP contribution is -2.60. The van der Waals surface area contributed by atoms with Crippen LogP contribution in [0.25, 0.3) is 0 Å². The maximum Gasteiger partial charge on any atom is 0.303 e. The number of carbonyl (C=O) groups excluding carboxylic acids is 1. The van der Waals surface area contributed by atoms with Crippen LogP contribution in [0, 0.1) is 11.3 Å². The zero-order valence-electron chi connectivity index (χ0n) is 16.2. The van der Waals surface area contributed by atoms with Gasteiger partial charge in [0.2, 0.25) is 0 Å². The molecular weight excluding hydrogens is 328 g/mol. The average molecular weight is 358 g/mol. The molecular formula is C22H30O4. The number of allylic oxidation sites excluding steroid dienone is 3. The Morgan fingerprint density at radius 3 is 2.77 bits per heavy atom. The fourth-order valence-corrected chi connectivity index (χ4v) is 5.98. The standard InChI is InChI=1S/C22H30O4/c1-4-24-14-18-20(16-9-6-7-10-16)21-12-8-11-17(21)19(25-5-2)13-22(18,21)26-15(3)23/h9,13,17H,4-8,10-12,14H2,1-3H3/t17-,21-,22-/m0/s1. The van der Waals surface area contributed by atoms with Gasteiger partial charge in [-0.15, -0.1) is 0 Å². The Balaban J connectivity index is 1.87. The van der Waals surface area contributed by atoms with Crippen molar-refractivity contribution in [1.29, 1.82) is 0 Å². The summed E-state index contributed by atoms with van der Waals surface area (Å²) >= 11 is 0. The van der Waals surface area contributed by atoms with Crippen LogP contribution in [0.1, 0.15) is 59.3 Å². The number of rotatable bonds is 7. The highest BCUT2D eigenvalue weighted by molar-refractivity contribution is 5.73. The third kappa shape index (κ3) is 2.20. The SMILES string of the molecule is CCOCC1=C(C2=CCCC2)[C@]23CCC[C@H]2C(OCC)=C[C@]13OC(C)=O. The van der Waals surface area contributed by atoms with Crippen molar-refractivity contribution >= 4 is 5.97 Å². The lowest BCUT2D eigenvalue weighted by molar-refractivity contribution is -0.163. The van der Waals surface area contributed by atoms with Crippen molar-refractivity contribution < 1.29 is 19.0 Å². The molecule has 4 heteroatoms. The average Bonchev–Trinajstić information content (AvgIpc) is 3.30. The molecule has 4 rings (SSSR count). The van der Waals surface area contributed by atoms with Gasteiger partial charge in [0.05, 0.1) is 18.6 Å². The highest BCUT2D eigenvalue weighted by Gasteiger charge is 2.75. The topological polar surface area (TPSA) is 44.8 Å². The molecule has 0 aliphatic heterocycles. The van der Waals surface area contributed by atoms with Crippen molar-refractivity contribution in [3.8, 4) is 0 Å². The van der Waals surface area contributed by atoms with Crippen LogP contribution in [-0.4, -0.2) is 31.4 Å². The van der Waals surface area contributed by atoms with E-state index < -0.39 is 5.60 Å². The molecule has 1 fully saturated rings. The summed E-state index contributed by atoms with van der Waals surface area (Å²) in [7, 11) is 0. The molecule has 1 spiro atoms. The van der Waals surface area contributed by atoms with Crippen molar-refractivity contribution in [2.45, 2.75) is 64.9 Å². The number of hydrogen-bond acceptors (Lipinski definition) is 4. The molecule has 0 bridgehead atoms. The Labute approximate surface area is 156 Å². The molecule has 0 amide bonds. The second kappa shape index (κ2) is 6.56. The molecule has 0 aromatic carbocycles. The van der Waals surface area contributed by atoms with Gasteiger partial charge >= 0.3 is 5.97 Å². The van der Waals surface area contributed by atoms with Gasteiger partial charge in [0.1, 0.15) is 5.76 Å². The van der Waals surface area contributed by atoms with Gasteiger partial charge in [-0.2, -0.15) is 0 Å². The van der Waals surface area contributed by atoms with Crippen molar-refractivity contribution in [1.82, 2.24) is 0 Å². The summed E-state index contributed by atoms with van der Waals surface area (Å²) in [6.07, 6.45) is 11.3. The van der Waals surface area contributed by atoms with E-state index in [1.165, 1.54) is 24.5 Å². The molecule has 0 radical (unpaired) electrons. The maximum atomic E-state index is 12.1. The summed E-state index contributed by atoms with van der Waals surface area (Å²) < 4.78 is 18.0. The van der Waals surface area contributed by atoms with E-state index in [1.807, 2.05) is 13.8 Å². The number of carbonyl (C=O) groups is 1. The molecule has 0 N–H and O–H groups in total. The molecule has 3 atom stereocenters. The second-order valence-electron chi connectivity index (χ2n) is 7.84. The summed E-state index contributed by atoms with van der Waals surface area (Å²) in [6, 6.07) is 0. The van der Waals surface area contributed by atoms with Gasteiger partial charge in [0.25, 0.3) is 0 Å². The predicted octanol–water partition coefficient (Wildman–Crippen LogP) is 4.47. The first-order valence-electron chi connectivity index (χ1n) is 10.2. The molecule has 0 aromatic rings. The van der Waals surface area contributed by atoms with E-state index in [0.717, 1.165) is 43.4 Å². The Kier molecular flexibility index (Phi) is 4.50. The van der Waals surface area contributed by atoms with Crippen molar-refractivity contribution in [3.63, 3.8) is 0 Å². The number of esters is 1. The number of hydrogen-bond donors (Lipinski definition) is 0. The third-order valence-electron chi connectivity index (χ3n) is 6.64. The maximum absolute atomic E-state index is 12.1. The van der Waals surface area contributed by atoms with Crippen LogP contribution >= 0.6 is 0 Å². The summed E-state index contributed by atoms with van der Waals surface area (Å²) in [5.41, 5.74) is 3.24. The zero-order valence-corrected chi connectivity index (χ0v) is 16.2. The van der Waals surface area contributed by atoms with Gasteiger partial charge in [-0.1, -0.05) is 12.5 Å². The molecule has 4 nitrogen and oxygen atoms in total. The van der Waals surface area contributed by atoms with E-state index in [4.69, 9.17) is 14.2 Å². The first-order valence-corrected chi connectivity index (χ1v) is 10.2. The molecule has 4 aliphatic carbocycles. The molecule has 0 aromatic heterocycles. The summed E-state index contributed by atoms with van der Waals surface area (Å²) in [4.78, 5) is 12.1. The van der Waals surface area contributed by atoms with E-state index in [-0.39, 0.29) is 11.4 Å². The van der Waals surface area contributed by atoms with Crippen LogP contribution in [0.2, 0.25) is 0 Å². The van der Waals surface area contributed by atoms with E-state index >= 15 is 0 Å². The van der Waals surface area contributed by atoms with Crippen LogP contribution in [0.4, 0.5) is 0 Å². The van der Waals surface area contributed by atoms with E-state index in [9.17, 15) is 4.79 Å². The lowest BCUT2D eigenvalue weighted by atomic mass is 9.50. The first-order chi connectivity index (χ1) is 12.6. The van der Waals surface area contributed by atoms with Gasteiger partial charge in [-0.25, -0.2) is 0 Å². The van der Waals surface area contributed by atoms with Gasteiger partial charge in [0, 0.05) is 31.1 Å². The fourth-order valence-electron chi connectivity index (χ4n) is 5.98. The molecule has 4 aliphatic rings. The summed E-state index contributed by atoms with van der Waals surface area (Å²) in [5, 5.41) is 0. The van der Waals surface area contributed by atoms with E-state index in [2.05, 4.69) is 12.2 Å². The minimum atomic E-state index is -0.668. The second-order valence-corrected chi connectivity index (χ2v) is 7.84.